The van der Waals surface area contributed by atoms with Crippen molar-refractivity contribution in [2.24, 2.45) is 0 Å². The Kier molecular flexibility index (Phi) is 4.70. The SMILES string of the molecule is CC(=O)OC[C@@]1(O)C=C(Br)CC[C@H]1OC(C)=O. The normalized spacial score (nSPS) is 28.2. The number of halogens is 1. The zero-order chi connectivity index (χ0) is 13.1. The number of hydrogen-bond donors (Lipinski definition) is 1. The van der Waals surface area contributed by atoms with Gasteiger partial charge in [-0.05, 0) is 23.4 Å². The summed E-state index contributed by atoms with van der Waals surface area (Å²) in [6, 6.07) is 0. The molecule has 0 aromatic rings. The molecule has 5 nitrogen and oxygen atoms in total. The fourth-order valence-corrected chi connectivity index (χ4v) is 2.29. The van der Waals surface area contributed by atoms with Gasteiger partial charge in [0.15, 0.2) is 5.60 Å². The van der Waals surface area contributed by atoms with E-state index >= 15 is 0 Å². The molecule has 1 aliphatic carbocycles. The first-order valence-corrected chi connectivity index (χ1v) is 6.03. The number of esters is 2. The van der Waals surface area contributed by atoms with Crippen molar-refractivity contribution in [3.63, 3.8) is 0 Å². The highest BCUT2D eigenvalue weighted by Crippen LogP contribution is 2.32. The average molecular weight is 307 g/mol. The number of carbonyl (C=O) groups excluding carboxylic acids is 2. The molecule has 0 aromatic carbocycles. The summed E-state index contributed by atoms with van der Waals surface area (Å²) in [6.45, 7) is 2.31. The zero-order valence-corrected chi connectivity index (χ0v) is 11.3. The highest BCUT2D eigenvalue weighted by Gasteiger charge is 2.41. The van der Waals surface area contributed by atoms with Gasteiger partial charge in [-0.2, -0.15) is 0 Å². The van der Waals surface area contributed by atoms with Crippen LogP contribution in [-0.4, -0.2) is 35.4 Å². The van der Waals surface area contributed by atoms with E-state index < -0.39 is 23.6 Å². The Balaban J connectivity index is 2.81. The van der Waals surface area contributed by atoms with E-state index in [0.29, 0.717) is 12.8 Å². The second kappa shape index (κ2) is 5.64. The van der Waals surface area contributed by atoms with Crippen LogP contribution >= 0.6 is 15.9 Å². The van der Waals surface area contributed by atoms with Gasteiger partial charge < -0.3 is 14.6 Å². The first-order valence-electron chi connectivity index (χ1n) is 5.23. The number of allylic oxidation sites excluding steroid dienone is 1. The molecular weight excluding hydrogens is 292 g/mol. The van der Waals surface area contributed by atoms with Crippen molar-refractivity contribution < 1.29 is 24.2 Å². The summed E-state index contributed by atoms with van der Waals surface area (Å²) in [6.07, 6.45) is 1.97. The summed E-state index contributed by atoms with van der Waals surface area (Å²) in [5.41, 5.74) is -1.46. The van der Waals surface area contributed by atoms with Crippen LogP contribution in [0.5, 0.6) is 0 Å². The van der Waals surface area contributed by atoms with Crippen LogP contribution in [0.3, 0.4) is 0 Å². The lowest BCUT2D eigenvalue weighted by atomic mass is 9.88. The van der Waals surface area contributed by atoms with E-state index in [1.807, 2.05) is 0 Å². The number of ether oxygens (including phenoxy) is 2. The minimum absolute atomic E-state index is 0.227. The maximum atomic E-state index is 10.9. The van der Waals surface area contributed by atoms with Gasteiger partial charge in [-0.25, -0.2) is 0 Å². The van der Waals surface area contributed by atoms with Crippen LogP contribution in [-0.2, 0) is 19.1 Å². The van der Waals surface area contributed by atoms with Gasteiger partial charge in [0.25, 0.3) is 0 Å². The largest absolute Gasteiger partial charge is 0.462 e. The predicted octanol–water partition coefficient (Wildman–Crippen LogP) is 1.28. The van der Waals surface area contributed by atoms with Crippen molar-refractivity contribution in [1.82, 2.24) is 0 Å². The average Bonchev–Trinajstić information content (AvgIpc) is 2.19. The monoisotopic (exact) mass is 306 g/mol. The summed E-state index contributed by atoms with van der Waals surface area (Å²) >= 11 is 3.28. The molecule has 0 fully saturated rings. The summed E-state index contributed by atoms with van der Waals surface area (Å²) in [5, 5.41) is 10.3. The van der Waals surface area contributed by atoms with Crippen LogP contribution in [0.4, 0.5) is 0 Å². The molecule has 17 heavy (non-hydrogen) atoms. The molecule has 0 saturated heterocycles. The molecule has 1 rings (SSSR count). The molecule has 0 aliphatic heterocycles. The number of rotatable bonds is 3. The van der Waals surface area contributed by atoms with E-state index in [-0.39, 0.29) is 6.61 Å². The maximum Gasteiger partial charge on any atom is 0.303 e. The third-order valence-corrected chi connectivity index (χ3v) is 3.05. The summed E-state index contributed by atoms with van der Waals surface area (Å²) in [4.78, 5) is 21.7. The Morgan fingerprint density at radius 1 is 1.53 bits per heavy atom. The highest BCUT2D eigenvalue weighted by atomic mass is 79.9. The van der Waals surface area contributed by atoms with Gasteiger partial charge in [-0.3, -0.25) is 9.59 Å². The molecule has 0 amide bonds. The number of aliphatic hydroxyl groups is 1. The van der Waals surface area contributed by atoms with Crippen LogP contribution < -0.4 is 0 Å². The van der Waals surface area contributed by atoms with Crippen molar-refractivity contribution in [3.05, 3.63) is 10.6 Å². The van der Waals surface area contributed by atoms with Gasteiger partial charge in [0.2, 0.25) is 0 Å². The van der Waals surface area contributed by atoms with E-state index in [0.717, 1.165) is 4.48 Å². The van der Waals surface area contributed by atoms with Gasteiger partial charge >= 0.3 is 11.9 Å². The van der Waals surface area contributed by atoms with E-state index in [9.17, 15) is 14.7 Å². The molecule has 0 bridgehead atoms. The third kappa shape index (κ3) is 4.12. The Hall–Kier alpha value is -0.880. The van der Waals surface area contributed by atoms with Crippen LogP contribution in [0.25, 0.3) is 0 Å². The van der Waals surface area contributed by atoms with Crippen LogP contribution in [0.2, 0.25) is 0 Å². The molecule has 2 atom stereocenters. The van der Waals surface area contributed by atoms with E-state index in [1.165, 1.54) is 19.9 Å². The van der Waals surface area contributed by atoms with Gasteiger partial charge in [-0.1, -0.05) is 15.9 Å². The molecule has 0 spiro atoms. The fourth-order valence-electron chi connectivity index (χ4n) is 1.67. The summed E-state index contributed by atoms with van der Waals surface area (Å²) in [7, 11) is 0. The lowest BCUT2D eigenvalue weighted by Gasteiger charge is -2.35. The second-order valence-electron chi connectivity index (χ2n) is 4.00. The Labute approximate surface area is 108 Å². The van der Waals surface area contributed by atoms with E-state index in [1.54, 1.807) is 0 Å². The van der Waals surface area contributed by atoms with E-state index in [2.05, 4.69) is 15.9 Å². The molecular formula is C11H15BrO5. The van der Waals surface area contributed by atoms with Gasteiger partial charge in [-0.15, -0.1) is 0 Å². The lowest BCUT2D eigenvalue weighted by molar-refractivity contribution is -0.169. The molecule has 6 heteroatoms. The van der Waals surface area contributed by atoms with E-state index in [4.69, 9.17) is 9.47 Å². The van der Waals surface area contributed by atoms with Crippen molar-refractivity contribution >= 4 is 27.9 Å². The minimum atomic E-state index is -1.46. The Morgan fingerprint density at radius 3 is 2.71 bits per heavy atom. The van der Waals surface area contributed by atoms with Gasteiger partial charge in [0.1, 0.15) is 12.7 Å². The van der Waals surface area contributed by atoms with Crippen LogP contribution in [0.1, 0.15) is 26.7 Å². The van der Waals surface area contributed by atoms with Crippen molar-refractivity contribution in [1.29, 1.82) is 0 Å². The first-order chi connectivity index (χ1) is 7.83. The molecule has 1 N–H and O–H groups in total. The molecule has 1 aliphatic rings. The van der Waals surface area contributed by atoms with Gasteiger partial charge in [0, 0.05) is 13.8 Å². The third-order valence-electron chi connectivity index (χ3n) is 2.42. The standard InChI is InChI=1S/C11H15BrO5/c1-7(13)16-6-11(15)5-9(12)3-4-10(11)17-8(2)14/h5,10,15H,3-4,6H2,1-2H3/t10-,11+/m1/s1. The minimum Gasteiger partial charge on any atom is -0.462 e. The first kappa shape index (κ1) is 14.2. The molecule has 96 valence electrons. The predicted molar refractivity (Wildman–Crippen MR) is 63.4 cm³/mol. The van der Waals surface area contributed by atoms with Crippen molar-refractivity contribution in [2.45, 2.75) is 38.4 Å². The smallest absolute Gasteiger partial charge is 0.303 e. The highest BCUT2D eigenvalue weighted by molar-refractivity contribution is 9.11. The Morgan fingerprint density at radius 2 is 2.18 bits per heavy atom. The van der Waals surface area contributed by atoms with Crippen LogP contribution in [0, 0.1) is 0 Å². The summed E-state index contributed by atoms with van der Waals surface area (Å²) in [5.74, 6) is -0.960. The molecule has 0 radical (unpaired) electrons. The van der Waals surface area contributed by atoms with Crippen LogP contribution in [0.15, 0.2) is 10.6 Å². The summed E-state index contributed by atoms with van der Waals surface area (Å²) < 4.78 is 10.6. The molecule has 0 heterocycles. The second-order valence-corrected chi connectivity index (χ2v) is 5.02. The quantitative estimate of drug-likeness (QED) is 0.795. The number of hydrogen-bond acceptors (Lipinski definition) is 5. The van der Waals surface area contributed by atoms with Crippen molar-refractivity contribution in [2.75, 3.05) is 6.61 Å². The fraction of sp³-hybridized carbons (Fsp3) is 0.636. The van der Waals surface area contributed by atoms with Gasteiger partial charge in [0.05, 0.1) is 0 Å². The Bertz CT molecular complexity index is 352. The topological polar surface area (TPSA) is 72.8 Å². The maximum absolute atomic E-state index is 10.9. The molecule has 0 aromatic heterocycles. The zero-order valence-electron chi connectivity index (χ0n) is 9.73. The molecule has 0 saturated carbocycles. The lowest BCUT2D eigenvalue weighted by Crippen LogP contribution is -2.49. The van der Waals surface area contributed by atoms with Crippen molar-refractivity contribution in [3.8, 4) is 0 Å². The number of carbonyl (C=O) groups is 2. The molecule has 0 unspecified atom stereocenters.